The summed E-state index contributed by atoms with van der Waals surface area (Å²) < 4.78 is -1.18. The van der Waals surface area contributed by atoms with Crippen LogP contribution >= 0.6 is 0 Å². The fourth-order valence-electron chi connectivity index (χ4n) is 1.09. The molecule has 4 heteroatoms. The molecule has 0 saturated carbocycles. The molecule has 1 amide bonds. The minimum absolute atomic E-state index is 0.0341. The SMILES string of the molecule is CC[N+](O)(C(=O)[O-])c1ccccc1. The molecule has 4 nitrogen and oxygen atoms in total. The highest BCUT2D eigenvalue weighted by Crippen LogP contribution is 2.18. The van der Waals surface area contributed by atoms with Crippen molar-refractivity contribution in [2.75, 3.05) is 6.54 Å². The van der Waals surface area contributed by atoms with E-state index in [1.54, 1.807) is 37.3 Å². The number of rotatable bonds is 2. The van der Waals surface area contributed by atoms with Gasteiger partial charge in [0.2, 0.25) is 0 Å². The van der Waals surface area contributed by atoms with Crippen LogP contribution in [0.2, 0.25) is 0 Å². The maximum atomic E-state index is 10.7. The molecule has 1 N–H and O–H groups in total. The molecule has 0 radical (unpaired) electrons. The maximum absolute atomic E-state index is 10.7. The largest absolute Gasteiger partial charge is 0.496 e. The molecule has 1 unspecified atom stereocenters. The molecule has 1 rings (SSSR count). The molecule has 0 aliphatic rings. The molecule has 1 atom stereocenters. The van der Waals surface area contributed by atoms with Crippen molar-refractivity contribution in [1.29, 1.82) is 0 Å². The molecule has 0 aromatic heterocycles. The van der Waals surface area contributed by atoms with Gasteiger partial charge in [0.25, 0.3) is 6.09 Å². The Balaban J connectivity index is 3.11. The number of quaternary nitrogens is 1. The molecule has 13 heavy (non-hydrogen) atoms. The number of carboxylic acid groups (broad SMARTS) is 1. The lowest BCUT2D eigenvalue weighted by Gasteiger charge is -2.27. The fraction of sp³-hybridized carbons (Fsp3) is 0.222. The van der Waals surface area contributed by atoms with Crippen LogP contribution in [0.3, 0.4) is 0 Å². The lowest BCUT2D eigenvalue weighted by atomic mass is 10.3. The number of amides is 1. The summed E-state index contributed by atoms with van der Waals surface area (Å²) in [5, 5.41) is 20.3. The van der Waals surface area contributed by atoms with Gasteiger partial charge < -0.3 is 9.90 Å². The zero-order valence-corrected chi connectivity index (χ0v) is 7.30. The summed E-state index contributed by atoms with van der Waals surface area (Å²) in [4.78, 5) is 10.7. The Morgan fingerprint density at radius 2 is 2.00 bits per heavy atom. The van der Waals surface area contributed by atoms with Crippen molar-refractivity contribution in [3.8, 4) is 0 Å². The van der Waals surface area contributed by atoms with Crippen LogP contribution in [0.5, 0.6) is 0 Å². The fourth-order valence-corrected chi connectivity index (χ4v) is 1.09. The Hall–Kier alpha value is -1.39. The summed E-state index contributed by atoms with van der Waals surface area (Å²) in [7, 11) is 0. The van der Waals surface area contributed by atoms with E-state index < -0.39 is 10.7 Å². The van der Waals surface area contributed by atoms with E-state index in [4.69, 9.17) is 0 Å². The van der Waals surface area contributed by atoms with Gasteiger partial charge in [-0.3, -0.25) is 0 Å². The second-order valence-electron chi connectivity index (χ2n) is 2.69. The average Bonchev–Trinajstić information content (AvgIpc) is 2.17. The number of carbonyl (C=O) groups excluding carboxylic acids is 1. The standard InChI is InChI=1S/C9H11NO3/c1-2-10(13,9(11)12)8-6-4-3-5-7-8/h3-7,13H,2H2,1H3. The van der Waals surface area contributed by atoms with Gasteiger partial charge in [-0.05, 0) is 6.92 Å². The second kappa shape index (κ2) is 3.55. The highest BCUT2D eigenvalue weighted by molar-refractivity contribution is 5.76. The minimum atomic E-state index is -1.52. The summed E-state index contributed by atoms with van der Waals surface area (Å²) in [5.41, 5.74) is 0.296. The van der Waals surface area contributed by atoms with Crippen molar-refractivity contribution in [1.82, 2.24) is 4.65 Å². The molecule has 0 aliphatic carbocycles. The van der Waals surface area contributed by atoms with Crippen LogP contribution in [0.4, 0.5) is 10.5 Å². The molecule has 0 spiro atoms. The first-order chi connectivity index (χ1) is 6.11. The Labute approximate surface area is 76.2 Å². The summed E-state index contributed by atoms with van der Waals surface area (Å²) in [6.45, 7) is 1.61. The quantitative estimate of drug-likeness (QED) is 0.416. The smallest absolute Gasteiger partial charge is 0.297 e. The molecule has 0 bridgehead atoms. The normalized spacial score (nSPS) is 14.9. The van der Waals surface area contributed by atoms with Crippen molar-refractivity contribution < 1.29 is 15.1 Å². The minimum Gasteiger partial charge on any atom is -0.496 e. The van der Waals surface area contributed by atoms with Crippen LogP contribution in [0, 0.1) is 0 Å². The Kier molecular flexibility index (Phi) is 2.65. The van der Waals surface area contributed by atoms with E-state index in [2.05, 4.69) is 0 Å². The highest BCUT2D eigenvalue weighted by atomic mass is 16.6. The van der Waals surface area contributed by atoms with Crippen LogP contribution in [-0.4, -0.2) is 17.8 Å². The first-order valence-electron chi connectivity index (χ1n) is 3.99. The van der Waals surface area contributed by atoms with E-state index in [1.807, 2.05) is 0 Å². The van der Waals surface area contributed by atoms with Crippen LogP contribution in [0.15, 0.2) is 30.3 Å². The second-order valence-corrected chi connectivity index (χ2v) is 2.69. The third kappa shape index (κ3) is 1.68. The number of hydrogen-bond acceptors (Lipinski definition) is 3. The predicted molar refractivity (Wildman–Crippen MR) is 46.0 cm³/mol. The Bertz CT molecular complexity index is 299. The monoisotopic (exact) mass is 181 g/mol. The van der Waals surface area contributed by atoms with E-state index in [-0.39, 0.29) is 6.54 Å². The number of hydroxylamine groups is 2. The van der Waals surface area contributed by atoms with Crippen LogP contribution < -0.4 is 9.75 Å². The molecule has 70 valence electrons. The number of carbonyl (C=O) groups is 1. The highest BCUT2D eigenvalue weighted by Gasteiger charge is 2.29. The van der Waals surface area contributed by atoms with Crippen molar-refractivity contribution in [3.63, 3.8) is 0 Å². The molecular formula is C9H11NO3. The number of nitrogens with zero attached hydrogens (tertiary/aromatic N) is 1. The van der Waals surface area contributed by atoms with E-state index in [1.165, 1.54) is 0 Å². The van der Waals surface area contributed by atoms with E-state index in [0.717, 1.165) is 0 Å². The van der Waals surface area contributed by atoms with Gasteiger partial charge in [0.1, 0.15) is 6.54 Å². The van der Waals surface area contributed by atoms with E-state index >= 15 is 0 Å². The van der Waals surface area contributed by atoms with Gasteiger partial charge in [-0.1, -0.05) is 18.2 Å². The van der Waals surface area contributed by atoms with Crippen LogP contribution in [0.25, 0.3) is 0 Å². The molecule has 1 aromatic rings. The van der Waals surface area contributed by atoms with Crippen molar-refractivity contribution in [3.05, 3.63) is 30.3 Å². The molecule has 0 fully saturated rings. The average molecular weight is 181 g/mol. The topological polar surface area (TPSA) is 60.4 Å². The molecule has 0 heterocycles. The maximum Gasteiger partial charge on any atom is 0.297 e. The predicted octanol–water partition coefficient (Wildman–Crippen LogP) is 0.746. The Morgan fingerprint density at radius 1 is 1.46 bits per heavy atom. The first-order valence-corrected chi connectivity index (χ1v) is 3.99. The molecular weight excluding hydrogens is 170 g/mol. The van der Waals surface area contributed by atoms with Gasteiger partial charge in [-0.25, -0.2) is 5.21 Å². The zero-order chi connectivity index (χ0) is 9.90. The molecule has 0 aliphatic heterocycles. The van der Waals surface area contributed by atoms with Crippen molar-refractivity contribution in [2.45, 2.75) is 6.92 Å². The number of para-hydroxylation sites is 1. The number of benzene rings is 1. The summed E-state index contributed by atoms with van der Waals surface area (Å²) in [6.07, 6.45) is -1.52. The van der Waals surface area contributed by atoms with Gasteiger partial charge in [-0.2, -0.15) is 0 Å². The molecule has 1 aromatic carbocycles. The summed E-state index contributed by atoms with van der Waals surface area (Å²) in [6, 6.07) is 8.16. The molecule has 0 saturated heterocycles. The van der Waals surface area contributed by atoms with Gasteiger partial charge in [0, 0.05) is 12.1 Å². The summed E-state index contributed by atoms with van der Waals surface area (Å²) in [5.74, 6) is 0. The lowest BCUT2D eigenvalue weighted by Crippen LogP contribution is -2.57. The van der Waals surface area contributed by atoms with Gasteiger partial charge in [0.05, 0.1) is 0 Å². The first kappa shape index (κ1) is 9.70. The lowest BCUT2D eigenvalue weighted by molar-refractivity contribution is -0.289. The third-order valence-corrected chi connectivity index (χ3v) is 1.94. The van der Waals surface area contributed by atoms with Crippen LogP contribution in [-0.2, 0) is 0 Å². The third-order valence-electron chi connectivity index (χ3n) is 1.94. The van der Waals surface area contributed by atoms with Crippen LogP contribution in [0.1, 0.15) is 6.92 Å². The number of hydrogen-bond donors (Lipinski definition) is 1. The van der Waals surface area contributed by atoms with Gasteiger partial charge >= 0.3 is 0 Å². The van der Waals surface area contributed by atoms with Gasteiger partial charge in [0.15, 0.2) is 5.69 Å². The van der Waals surface area contributed by atoms with Crippen molar-refractivity contribution in [2.24, 2.45) is 0 Å². The van der Waals surface area contributed by atoms with E-state index in [9.17, 15) is 15.1 Å². The van der Waals surface area contributed by atoms with E-state index in [0.29, 0.717) is 5.69 Å². The summed E-state index contributed by atoms with van der Waals surface area (Å²) >= 11 is 0. The Morgan fingerprint density at radius 3 is 2.38 bits per heavy atom. The zero-order valence-electron chi connectivity index (χ0n) is 7.30. The van der Waals surface area contributed by atoms with Crippen molar-refractivity contribution >= 4 is 11.8 Å². The van der Waals surface area contributed by atoms with Gasteiger partial charge in [-0.15, -0.1) is 4.65 Å².